The van der Waals surface area contributed by atoms with E-state index in [0.29, 0.717) is 16.7 Å². The number of hydrogen-bond donors (Lipinski definition) is 2. The highest BCUT2D eigenvalue weighted by Gasteiger charge is 2.23. The number of nitrogens with zero attached hydrogens (tertiary/aromatic N) is 6. The summed E-state index contributed by atoms with van der Waals surface area (Å²) < 4.78 is 0.901. The number of amides is 1. The highest BCUT2D eigenvalue weighted by Crippen LogP contribution is 2.26. The number of carbonyl (C=O) groups is 1. The van der Waals surface area contributed by atoms with Crippen molar-refractivity contribution in [2.45, 2.75) is 25.8 Å². The fourth-order valence-corrected chi connectivity index (χ4v) is 3.88. The van der Waals surface area contributed by atoms with Crippen molar-refractivity contribution in [3.8, 4) is 11.4 Å². The van der Waals surface area contributed by atoms with Gasteiger partial charge >= 0.3 is 0 Å². The average Bonchev–Trinajstić information content (AvgIpc) is 3.27. The number of nitrogens with one attached hydrogen (secondary N) is 2. The minimum Gasteiger partial charge on any atom is -0.356 e. The Morgan fingerprint density at radius 3 is 2.69 bits per heavy atom. The number of halogens is 2. The molecule has 0 radical (unpaired) electrons. The molecule has 1 amide bonds. The molecule has 3 aromatic rings. The second-order valence-corrected chi connectivity index (χ2v) is 8.27. The number of carbonyl (C=O) groups excluding carboxylic acids is 1. The minimum absolute atomic E-state index is 0.0888. The van der Waals surface area contributed by atoms with Crippen LogP contribution >= 0.6 is 27.5 Å². The van der Waals surface area contributed by atoms with Crippen molar-refractivity contribution in [1.29, 1.82) is 0 Å². The van der Waals surface area contributed by atoms with Gasteiger partial charge in [-0.3, -0.25) is 4.79 Å². The van der Waals surface area contributed by atoms with E-state index in [2.05, 4.69) is 51.5 Å². The monoisotopic (exact) mass is 478 g/mol. The number of aromatic amines is 1. The molecule has 0 atom stereocenters. The lowest BCUT2D eigenvalue weighted by atomic mass is 10.0. The second kappa shape index (κ2) is 8.11. The summed E-state index contributed by atoms with van der Waals surface area (Å²) in [6, 6.07) is 5.56. The molecule has 152 valence electrons. The van der Waals surface area contributed by atoms with Crippen molar-refractivity contribution in [1.82, 2.24) is 35.5 Å². The molecular weight excluding hydrogens is 460 g/mol. The third-order valence-electron chi connectivity index (χ3n) is 4.90. The maximum Gasteiger partial charge on any atom is 0.267 e. The van der Waals surface area contributed by atoms with E-state index in [1.54, 1.807) is 19.2 Å². The third kappa shape index (κ3) is 4.43. The van der Waals surface area contributed by atoms with Gasteiger partial charge in [-0.1, -0.05) is 11.6 Å². The fraction of sp³-hybridized carbons (Fsp3) is 0.389. The lowest BCUT2D eigenvalue weighted by molar-refractivity contribution is 0.0926. The number of aromatic nitrogens is 6. The maximum absolute atomic E-state index is 12.4. The predicted octanol–water partition coefficient (Wildman–Crippen LogP) is 2.72. The summed E-state index contributed by atoms with van der Waals surface area (Å²) in [5.41, 5.74) is 2.27. The van der Waals surface area contributed by atoms with Crippen molar-refractivity contribution in [2.75, 3.05) is 18.0 Å². The van der Waals surface area contributed by atoms with Gasteiger partial charge in [0.2, 0.25) is 5.82 Å². The molecule has 4 rings (SSSR count). The van der Waals surface area contributed by atoms with Gasteiger partial charge in [-0.15, -0.1) is 10.2 Å². The average molecular weight is 480 g/mol. The van der Waals surface area contributed by atoms with Gasteiger partial charge in [-0.05, 0) is 59.1 Å². The zero-order chi connectivity index (χ0) is 20.5. The molecule has 0 aliphatic carbocycles. The van der Waals surface area contributed by atoms with Gasteiger partial charge in [0.05, 0.1) is 7.05 Å². The highest BCUT2D eigenvalue weighted by atomic mass is 79.9. The molecule has 1 aliphatic rings. The minimum atomic E-state index is -0.0888. The van der Waals surface area contributed by atoms with E-state index in [9.17, 15) is 4.79 Å². The predicted molar refractivity (Wildman–Crippen MR) is 113 cm³/mol. The molecule has 11 heteroatoms. The van der Waals surface area contributed by atoms with Gasteiger partial charge in [0.25, 0.3) is 5.91 Å². The summed E-state index contributed by atoms with van der Waals surface area (Å²) in [7, 11) is 1.71. The molecule has 0 spiro atoms. The molecule has 1 fully saturated rings. The van der Waals surface area contributed by atoms with Gasteiger partial charge in [0.15, 0.2) is 0 Å². The number of H-pyrrole nitrogens is 1. The molecule has 0 aromatic carbocycles. The molecule has 0 unspecified atom stereocenters. The van der Waals surface area contributed by atoms with Crippen LogP contribution in [0.4, 0.5) is 5.82 Å². The summed E-state index contributed by atoms with van der Waals surface area (Å²) in [4.78, 5) is 23.5. The number of pyridine rings is 1. The van der Waals surface area contributed by atoms with Gasteiger partial charge < -0.3 is 15.2 Å². The van der Waals surface area contributed by atoms with Crippen LogP contribution in [0.25, 0.3) is 11.4 Å². The summed E-state index contributed by atoms with van der Waals surface area (Å²) in [5.74, 6) is 1.19. The van der Waals surface area contributed by atoms with E-state index in [1.807, 2.05) is 13.0 Å². The molecule has 1 saturated heterocycles. The van der Waals surface area contributed by atoms with E-state index in [4.69, 9.17) is 11.6 Å². The Hall–Kier alpha value is -2.46. The Morgan fingerprint density at radius 1 is 1.31 bits per heavy atom. The first-order valence-corrected chi connectivity index (χ1v) is 10.4. The Balaban J connectivity index is 1.40. The molecule has 9 nitrogen and oxygen atoms in total. The first-order chi connectivity index (χ1) is 13.9. The Kier molecular flexibility index (Phi) is 5.55. The van der Waals surface area contributed by atoms with Crippen LogP contribution in [0, 0.1) is 6.92 Å². The first kappa shape index (κ1) is 19.8. The summed E-state index contributed by atoms with van der Waals surface area (Å²) >= 11 is 9.64. The standard InChI is InChI=1S/C18H20BrClN8O/c1-10-13(19)9-14(21-10)18(29)22-12-3-5-28(6-4-12)16-8-11(7-15(20)23-16)17-24-26-27(2)25-17/h7-9,12,21H,3-6H2,1-2H3,(H,22,29). The Labute approximate surface area is 181 Å². The van der Waals surface area contributed by atoms with Crippen LogP contribution in [0.1, 0.15) is 29.0 Å². The van der Waals surface area contributed by atoms with Crippen molar-refractivity contribution in [2.24, 2.45) is 7.05 Å². The number of piperidine rings is 1. The van der Waals surface area contributed by atoms with Crippen molar-refractivity contribution in [3.63, 3.8) is 0 Å². The zero-order valence-electron chi connectivity index (χ0n) is 16.0. The summed E-state index contributed by atoms with van der Waals surface area (Å²) in [6.07, 6.45) is 1.64. The third-order valence-corrected chi connectivity index (χ3v) is 5.91. The molecule has 1 aliphatic heterocycles. The van der Waals surface area contributed by atoms with Gasteiger partial charge in [-0.25, -0.2) is 4.98 Å². The Bertz CT molecular complexity index is 1020. The van der Waals surface area contributed by atoms with E-state index in [-0.39, 0.29) is 11.9 Å². The van der Waals surface area contributed by atoms with Crippen LogP contribution in [0.5, 0.6) is 0 Å². The first-order valence-electron chi connectivity index (χ1n) is 9.22. The molecular formula is C18H20BrClN8O. The van der Waals surface area contributed by atoms with Crippen LogP contribution in [-0.2, 0) is 7.05 Å². The quantitative estimate of drug-likeness (QED) is 0.558. The van der Waals surface area contributed by atoms with Crippen LogP contribution in [0.2, 0.25) is 5.15 Å². The normalized spacial score (nSPS) is 15.0. The zero-order valence-corrected chi connectivity index (χ0v) is 18.3. The largest absolute Gasteiger partial charge is 0.356 e. The lowest BCUT2D eigenvalue weighted by Gasteiger charge is -2.33. The SMILES string of the molecule is Cc1[nH]c(C(=O)NC2CCN(c3cc(-c4nnn(C)n4)cc(Cl)n3)CC2)cc1Br. The van der Waals surface area contributed by atoms with Crippen LogP contribution < -0.4 is 10.2 Å². The summed E-state index contributed by atoms with van der Waals surface area (Å²) in [6.45, 7) is 3.44. The van der Waals surface area contributed by atoms with E-state index < -0.39 is 0 Å². The number of tetrazole rings is 1. The maximum atomic E-state index is 12.4. The molecule has 2 N–H and O–H groups in total. The van der Waals surface area contributed by atoms with Crippen LogP contribution in [-0.4, -0.2) is 55.2 Å². The van der Waals surface area contributed by atoms with E-state index >= 15 is 0 Å². The van der Waals surface area contributed by atoms with Gasteiger partial charge in [-0.2, -0.15) is 4.80 Å². The van der Waals surface area contributed by atoms with E-state index in [1.165, 1.54) is 4.80 Å². The summed E-state index contributed by atoms with van der Waals surface area (Å²) in [5, 5.41) is 15.6. The molecule has 0 saturated carbocycles. The van der Waals surface area contributed by atoms with Crippen molar-refractivity contribution >= 4 is 39.3 Å². The molecule has 29 heavy (non-hydrogen) atoms. The van der Waals surface area contributed by atoms with Crippen LogP contribution in [0.15, 0.2) is 22.7 Å². The van der Waals surface area contributed by atoms with Crippen molar-refractivity contribution in [3.05, 3.63) is 39.2 Å². The molecule has 4 heterocycles. The number of rotatable bonds is 4. The van der Waals surface area contributed by atoms with Crippen molar-refractivity contribution < 1.29 is 4.79 Å². The Morgan fingerprint density at radius 2 is 2.07 bits per heavy atom. The smallest absolute Gasteiger partial charge is 0.267 e. The number of hydrogen-bond acceptors (Lipinski definition) is 6. The number of anilines is 1. The molecule has 3 aromatic heterocycles. The number of aryl methyl sites for hydroxylation is 2. The van der Waals surface area contributed by atoms with Gasteiger partial charge in [0, 0.05) is 34.9 Å². The van der Waals surface area contributed by atoms with Crippen LogP contribution in [0.3, 0.4) is 0 Å². The van der Waals surface area contributed by atoms with Gasteiger partial charge in [0.1, 0.15) is 16.7 Å². The van der Waals surface area contributed by atoms with E-state index in [0.717, 1.165) is 47.5 Å². The second-order valence-electron chi connectivity index (χ2n) is 7.03. The lowest BCUT2D eigenvalue weighted by Crippen LogP contribution is -2.45. The molecule has 0 bridgehead atoms. The highest BCUT2D eigenvalue weighted by molar-refractivity contribution is 9.10. The fourth-order valence-electron chi connectivity index (χ4n) is 3.34. The topological polar surface area (TPSA) is 105 Å².